The van der Waals surface area contributed by atoms with E-state index in [0.29, 0.717) is 5.82 Å². The van der Waals surface area contributed by atoms with Crippen LogP contribution in [0.25, 0.3) is 0 Å². The van der Waals surface area contributed by atoms with Gasteiger partial charge in [-0.3, -0.25) is 4.79 Å². The molecule has 0 radical (unpaired) electrons. The largest absolute Gasteiger partial charge is 0.311 e. The number of rotatable bonds is 2. The summed E-state index contributed by atoms with van der Waals surface area (Å²) in [7, 11) is 0. The van der Waals surface area contributed by atoms with Gasteiger partial charge in [0.25, 0.3) is 5.56 Å². The van der Waals surface area contributed by atoms with E-state index in [1.165, 1.54) is 5.56 Å². The first-order valence-electron chi connectivity index (χ1n) is 6.45. The standard InChI is InChI=1S/C15H15ClN2O/c1-10-17-13(9-14(19)18-10)15(7-2-8-15)11-3-5-12(16)6-4-11/h3-6,9H,2,7-8H2,1H3,(H,17,18,19). The molecule has 1 N–H and O–H groups in total. The van der Waals surface area contributed by atoms with Crippen molar-refractivity contribution in [3.63, 3.8) is 0 Å². The van der Waals surface area contributed by atoms with Crippen LogP contribution in [0.3, 0.4) is 0 Å². The monoisotopic (exact) mass is 274 g/mol. The number of benzene rings is 1. The fourth-order valence-electron chi connectivity index (χ4n) is 2.82. The molecule has 3 rings (SSSR count). The molecule has 19 heavy (non-hydrogen) atoms. The molecule has 1 aromatic heterocycles. The Morgan fingerprint density at radius 3 is 2.47 bits per heavy atom. The Labute approximate surface area is 116 Å². The van der Waals surface area contributed by atoms with Gasteiger partial charge in [-0.15, -0.1) is 0 Å². The number of aryl methyl sites for hydroxylation is 1. The molecule has 1 heterocycles. The molecular weight excluding hydrogens is 260 g/mol. The van der Waals surface area contributed by atoms with Crippen LogP contribution in [-0.4, -0.2) is 9.97 Å². The molecule has 0 unspecified atom stereocenters. The number of hydrogen-bond donors (Lipinski definition) is 1. The first-order valence-corrected chi connectivity index (χ1v) is 6.82. The van der Waals surface area contributed by atoms with Gasteiger partial charge in [0.1, 0.15) is 5.82 Å². The van der Waals surface area contributed by atoms with Gasteiger partial charge < -0.3 is 4.98 Å². The van der Waals surface area contributed by atoms with E-state index in [1.54, 1.807) is 6.07 Å². The van der Waals surface area contributed by atoms with Crippen LogP contribution in [0.5, 0.6) is 0 Å². The summed E-state index contributed by atoms with van der Waals surface area (Å²) in [6.45, 7) is 1.82. The van der Waals surface area contributed by atoms with Crippen molar-refractivity contribution in [2.75, 3.05) is 0 Å². The Kier molecular flexibility index (Phi) is 2.94. The van der Waals surface area contributed by atoms with Crippen LogP contribution in [0.1, 0.15) is 36.3 Å². The predicted octanol–water partition coefficient (Wildman–Crippen LogP) is 3.20. The van der Waals surface area contributed by atoms with E-state index in [2.05, 4.69) is 9.97 Å². The van der Waals surface area contributed by atoms with E-state index in [-0.39, 0.29) is 11.0 Å². The lowest BCUT2D eigenvalue weighted by molar-refractivity contribution is 0.292. The fourth-order valence-corrected chi connectivity index (χ4v) is 2.94. The molecule has 1 aliphatic rings. The van der Waals surface area contributed by atoms with E-state index in [0.717, 1.165) is 30.0 Å². The molecule has 0 aliphatic heterocycles. The molecule has 98 valence electrons. The van der Waals surface area contributed by atoms with Crippen LogP contribution in [-0.2, 0) is 5.41 Å². The lowest BCUT2D eigenvalue weighted by Crippen LogP contribution is -2.37. The second-order valence-electron chi connectivity index (χ2n) is 5.16. The highest BCUT2D eigenvalue weighted by atomic mass is 35.5. The summed E-state index contributed by atoms with van der Waals surface area (Å²) in [5, 5.41) is 0.730. The molecule has 1 saturated carbocycles. The van der Waals surface area contributed by atoms with Gasteiger partial charge in [-0.2, -0.15) is 0 Å². The Morgan fingerprint density at radius 1 is 1.26 bits per heavy atom. The third-order valence-electron chi connectivity index (χ3n) is 3.95. The number of halogens is 1. The minimum atomic E-state index is -0.108. The summed E-state index contributed by atoms with van der Waals surface area (Å²) in [5.74, 6) is 0.669. The first-order chi connectivity index (χ1) is 9.10. The van der Waals surface area contributed by atoms with Crippen molar-refractivity contribution in [2.45, 2.75) is 31.6 Å². The lowest BCUT2D eigenvalue weighted by Gasteiger charge is -2.42. The molecule has 0 bridgehead atoms. The number of nitrogens with zero attached hydrogens (tertiary/aromatic N) is 1. The molecule has 0 spiro atoms. The molecule has 1 aromatic carbocycles. The Balaban J connectivity index is 2.13. The van der Waals surface area contributed by atoms with Crippen molar-refractivity contribution < 1.29 is 0 Å². The topological polar surface area (TPSA) is 45.8 Å². The normalized spacial score (nSPS) is 16.9. The lowest BCUT2D eigenvalue weighted by atomic mass is 9.62. The van der Waals surface area contributed by atoms with E-state index in [4.69, 9.17) is 11.6 Å². The zero-order chi connectivity index (χ0) is 13.5. The molecule has 0 amide bonds. The van der Waals surface area contributed by atoms with Gasteiger partial charge in [0.15, 0.2) is 0 Å². The zero-order valence-electron chi connectivity index (χ0n) is 10.7. The van der Waals surface area contributed by atoms with E-state index >= 15 is 0 Å². The average Bonchev–Trinajstić information content (AvgIpc) is 2.29. The summed E-state index contributed by atoms with van der Waals surface area (Å²) < 4.78 is 0. The minimum absolute atomic E-state index is 0.0808. The molecular formula is C15H15ClN2O. The number of hydrogen-bond acceptors (Lipinski definition) is 2. The number of aromatic nitrogens is 2. The SMILES string of the molecule is Cc1nc(C2(c3ccc(Cl)cc3)CCC2)cc(=O)[nH]1. The summed E-state index contributed by atoms with van der Waals surface area (Å²) in [4.78, 5) is 18.9. The van der Waals surface area contributed by atoms with Crippen LogP contribution < -0.4 is 5.56 Å². The maximum Gasteiger partial charge on any atom is 0.251 e. The van der Waals surface area contributed by atoms with Crippen LogP contribution in [0.15, 0.2) is 35.1 Å². The van der Waals surface area contributed by atoms with Crippen molar-refractivity contribution in [1.29, 1.82) is 0 Å². The highest BCUT2D eigenvalue weighted by molar-refractivity contribution is 6.30. The summed E-state index contributed by atoms with van der Waals surface area (Å²) in [5.41, 5.74) is 1.88. The molecule has 0 atom stereocenters. The maximum atomic E-state index is 11.7. The van der Waals surface area contributed by atoms with Crippen molar-refractivity contribution in [3.8, 4) is 0 Å². The molecule has 4 heteroatoms. The summed E-state index contributed by atoms with van der Waals surface area (Å²) >= 11 is 5.95. The number of nitrogens with one attached hydrogen (secondary N) is 1. The fraction of sp³-hybridized carbons (Fsp3) is 0.333. The average molecular weight is 275 g/mol. The van der Waals surface area contributed by atoms with Gasteiger partial charge >= 0.3 is 0 Å². The van der Waals surface area contributed by atoms with Crippen LogP contribution in [0.2, 0.25) is 5.02 Å². The highest BCUT2D eigenvalue weighted by Gasteiger charge is 2.41. The third kappa shape index (κ3) is 2.08. The minimum Gasteiger partial charge on any atom is -0.311 e. The van der Waals surface area contributed by atoms with Gasteiger partial charge in [-0.1, -0.05) is 30.2 Å². The Bertz CT molecular complexity index is 657. The number of aromatic amines is 1. The van der Waals surface area contributed by atoms with E-state index in [1.807, 2.05) is 31.2 Å². The van der Waals surface area contributed by atoms with Gasteiger partial charge in [-0.05, 0) is 37.5 Å². The summed E-state index contributed by atoms with van der Waals surface area (Å²) in [6.07, 6.45) is 3.23. The second kappa shape index (κ2) is 4.49. The van der Waals surface area contributed by atoms with Gasteiger partial charge in [0.2, 0.25) is 0 Å². The van der Waals surface area contributed by atoms with Gasteiger partial charge in [-0.25, -0.2) is 4.98 Å². The van der Waals surface area contributed by atoms with Crippen molar-refractivity contribution in [3.05, 3.63) is 62.8 Å². The maximum absolute atomic E-state index is 11.7. The Morgan fingerprint density at radius 2 is 1.95 bits per heavy atom. The molecule has 1 aliphatic carbocycles. The van der Waals surface area contributed by atoms with Gasteiger partial charge in [0, 0.05) is 16.5 Å². The van der Waals surface area contributed by atoms with Crippen molar-refractivity contribution >= 4 is 11.6 Å². The Hall–Kier alpha value is -1.61. The van der Waals surface area contributed by atoms with E-state index in [9.17, 15) is 4.79 Å². The third-order valence-corrected chi connectivity index (χ3v) is 4.21. The first kappa shape index (κ1) is 12.4. The summed E-state index contributed by atoms with van der Waals surface area (Å²) in [6, 6.07) is 9.51. The van der Waals surface area contributed by atoms with E-state index < -0.39 is 0 Å². The molecule has 0 saturated heterocycles. The van der Waals surface area contributed by atoms with Crippen molar-refractivity contribution in [1.82, 2.24) is 9.97 Å². The highest BCUT2D eigenvalue weighted by Crippen LogP contribution is 2.48. The van der Waals surface area contributed by atoms with Crippen LogP contribution in [0, 0.1) is 6.92 Å². The van der Waals surface area contributed by atoms with Crippen LogP contribution in [0.4, 0.5) is 0 Å². The number of H-pyrrole nitrogens is 1. The molecule has 3 nitrogen and oxygen atoms in total. The predicted molar refractivity (Wildman–Crippen MR) is 75.7 cm³/mol. The molecule has 2 aromatic rings. The quantitative estimate of drug-likeness (QED) is 0.914. The second-order valence-corrected chi connectivity index (χ2v) is 5.60. The van der Waals surface area contributed by atoms with Gasteiger partial charge in [0.05, 0.1) is 5.69 Å². The van der Waals surface area contributed by atoms with Crippen molar-refractivity contribution in [2.24, 2.45) is 0 Å². The zero-order valence-corrected chi connectivity index (χ0v) is 11.5. The van der Waals surface area contributed by atoms with Crippen LogP contribution >= 0.6 is 11.6 Å². The molecule has 1 fully saturated rings. The smallest absolute Gasteiger partial charge is 0.251 e.